The fourth-order valence-electron chi connectivity index (χ4n) is 3.43. The highest BCUT2D eigenvalue weighted by Gasteiger charge is 2.55. The summed E-state index contributed by atoms with van der Waals surface area (Å²) < 4.78 is 24.4. The predicted octanol–water partition coefficient (Wildman–Crippen LogP) is 3.16. The third-order valence-corrected chi connectivity index (χ3v) is 6.72. The van der Waals surface area contributed by atoms with Crippen molar-refractivity contribution in [2.24, 2.45) is 10.5 Å². The molecule has 2 aliphatic heterocycles. The summed E-state index contributed by atoms with van der Waals surface area (Å²) >= 11 is 0. The number of ether oxygens (including phenoxy) is 1. The molecule has 25 heavy (non-hydrogen) atoms. The molecule has 0 aliphatic carbocycles. The Hall–Kier alpha value is -2.26. The smallest absolute Gasteiger partial charge is 0.417 e. The minimum atomic E-state index is -2.76. The number of rotatable bonds is 4. The predicted molar refractivity (Wildman–Crippen MR) is 91.0 cm³/mol. The Labute approximate surface area is 145 Å². The van der Waals surface area contributed by atoms with Crippen LogP contribution in [0.1, 0.15) is 18.5 Å². The van der Waals surface area contributed by atoms with E-state index < -0.39 is 40.1 Å². The summed E-state index contributed by atoms with van der Waals surface area (Å²) in [6.07, 6.45) is -0.800. The maximum absolute atomic E-state index is 13.0. The summed E-state index contributed by atoms with van der Waals surface area (Å²) in [7, 11) is -2.76. The Balaban J connectivity index is 1.90. The zero-order valence-corrected chi connectivity index (χ0v) is 14.3. The Morgan fingerprint density at radius 3 is 2.64 bits per heavy atom. The molecule has 1 aromatic rings. The second-order valence-electron chi connectivity index (χ2n) is 6.56. The van der Waals surface area contributed by atoms with E-state index >= 15 is 0 Å². The molecule has 0 radical (unpaired) electrons. The molecule has 2 N–H and O–H groups in total. The SMILES string of the molecule is CC1(C(N=[N+]=[N-])C(=O)N2C(=O)OCC2c2ccccc2)CS(O)(O)C1. The monoisotopic (exact) mass is 366 g/mol. The van der Waals surface area contributed by atoms with Gasteiger partial charge >= 0.3 is 6.09 Å². The number of hydrogen-bond acceptors (Lipinski definition) is 6. The summed E-state index contributed by atoms with van der Waals surface area (Å²) in [6.45, 7) is 1.66. The van der Waals surface area contributed by atoms with E-state index in [2.05, 4.69) is 10.0 Å². The van der Waals surface area contributed by atoms with Crippen LogP contribution in [0.3, 0.4) is 0 Å². The van der Waals surface area contributed by atoms with Gasteiger partial charge in [0.25, 0.3) is 0 Å². The number of hydrogen-bond donors (Lipinski definition) is 2. The summed E-state index contributed by atoms with van der Waals surface area (Å²) in [6, 6.07) is 7.11. The van der Waals surface area contributed by atoms with Crippen LogP contribution in [0.25, 0.3) is 10.4 Å². The minimum absolute atomic E-state index is 0.0173. The first-order valence-electron chi connectivity index (χ1n) is 7.60. The van der Waals surface area contributed by atoms with Gasteiger partial charge in [-0.1, -0.05) is 42.4 Å². The topological polar surface area (TPSA) is 136 Å². The molecule has 9 nitrogen and oxygen atoms in total. The average Bonchev–Trinajstić information content (AvgIpc) is 2.92. The van der Waals surface area contributed by atoms with E-state index in [0.717, 1.165) is 10.5 Å². The first-order valence-corrected chi connectivity index (χ1v) is 9.48. The van der Waals surface area contributed by atoms with Crippen LogP contribution in [0.2, 0.25) is 0 Å². The summed E-state index contributed by atoms with van der Waals surface area (Å²) in [5, 5.41) is 3.56. The fraction of sp³-hybridized carbons (Fsp3) is 0.467. The molecular formula is C15H18N4O5S. The molecule has 2 aliphatic rings. The largest absolute Gasteiger partial charge is 0.446 e. The Kier molecular flexibility index (Phi) is 4.38. The second kappa shape index (κ2) is 6.23. The summed E-state index contributed by atoms with van der Waals surface area (Å²) in [5.41, 5.74) is 8.66. The van der Waals surface area contributed by atoms with Gasteiger partial charge < -0.3 is 4.74 Å². The lowest BCUT2D eigenvalue weighted by atomic mass is 9.84. The van der Waals surface area contributed by atoms with E-state index in [9.17, 15) is 18.7 Å². The van der Waals surface area contributed by atoms with Crippen molar-refractivity contribution in [3.05, 3.63) is 46.3 Å². The number of azide groups is 1. The first-order chi connectivity index (χ1) is 11.8. The molecule has 0 bridgehead atoms. The van der Waals surface area contributed by atoms with E-state index in [1.54, 1.807) is 31.2 Å². The van der Waals surface area contributed by atoms with Crippen molar-refractivity contribution in [1.29, 1.82) is 0 Å². The van der Waals surface area contributed by atoms with Crippen LogP contribution in [0.5, 0.6) is 0 Å². The standard InChI is InChI=1S/C15H18N4O5S/c1-15(8-25(22,23)9-15)12(17-18-16)13(20)19-11(7-24-14(19)21)10-5-3-2-4-6-10/h2-6,11-12,22-23H,7-9H2,1H3. The Bertz CT molecular complexity index is 742. The molecule has 3 rings (SSSR count). The summed E-state index contributed by atoms with van der Waals surface area (Å²) in [5.74, 6) is -0.783. The average molecular weight is 366 g/mol. The number of cyclic esters (lactones) is 1. The van der Waals surface area contributed by atoms with Crippen LogP contribution >= 0.6 is 10.6 Å². The number of carbonyl (C=O) groups is 2. The maximum atomic E-state index is 13.0. The molecule has 2 heterocycles. The van der Waals surface area contributed by atoms with Gasteiger partial charge in [0.15, 0.2) is 0 Å². The van der Waals surface area contributed by atoms with Crippen LogP contribution in [-0.2, 0) is 9.53 Å². The van der Waals surface area contributed by atoms with Gasteiger partial charge in [-0.2, -0.15) is 10.6 Å². The highest BCUT2D eigenvalue weighted by molar-refractivity contribution is 8.25. The first kappa shape index (κ1) is 17.6. The van der Waals surface area contributed by atoms with Crippen LogP contribution in [-0.4, -0.2) is 50.2 Å². The van der Waals surface area contributed by atoms with Gasteiger partial charge in [0.1, 0.15) is 18.7 Å². The van der Waals surface area contributed by atoms with Gasteiger partial charge in [-0.15, -0.1) is 0 Å². The van der Waals surface area contributed by atoms with Crippen LogP contribution < -0.4 is 0 Å². The van der Waals surface area contributed by atoms with E-state index in [-0.39, 0.29) is 18.1 Å². The zero-order valence-electron chi connectivity index (χ0n) is 13.5. The number of carbonyl (C=O) groups excluding carboxylic acids is 2. The van der Waals surface area contributed by atoms with Crippen LogP contribution in [0.4, 0.5) is 4.79 Å². The molecule has 134 valence electrons. The van der Waals surface area contributed by atoms with Crippen LogP contribution in [0.15, 0.2) is 35.4 Å². The molecule has 0 saturated carbocycles. The van der Waals surface area contributed by atoms with Gasteiger partial charge in [-0.3, -0.25) is 13.9 Å². The molecule has 2 amide bonds. The zero-order chi connectivity index (χ0) is 18.2. The molecule has 2 unspecified atom stereocenters. The number of imide groups is 1. The quantitative estimate of drug-likeness (QED) is 0.479. The van der Waals surface area contributed by atoms with E-state index in [1.807, 2.05) is 6.07 Å². The minimum Gasteiger partial charge on any atom is -0.446 e. The number of amides is 2. The van der Waals surface area contributed by atoms with Crippen molar-refractivity contribution in [3.63, 3.8) is 0 Å². The lowest BCUT2D eigenvalue weighted by Gasteiger charge is -2.56. The van der Waals surface area contributed by atoms with Crippen molar-refractivity contribution in [2.45, 2.75) is 19.0 Å². The molecule has 10 heteroatoms. The fourth-order valence-corrected chi connectivity index (χ4v) is 5.77. The maximum Gasteiger partial charge on any atom is 0.417 e. The number of benzene rings is 1. The molecule has 1 aromatic carbocycles. The van der Waals surface area contributed by atoms with Gasteiger partial charge in [0.2, 0.25) is 5.91 Å². The molecule has 0 aromatic heterocycles. The Morgan fingerprint density at radius 2 is 2.08 bits per heavy atom. The van der Waals surface area contributed by atoms with Gasteiger partial charge in [-0.05, 0) is 11.1 Å². The van der Waals surface area contributed by atoms with Crippen molar-refractivity contribution >= 4 is 22.6 Å². The number of nitrogens with zero attached hydrogens (tertiary/aromatic N) is 4. The lowest BCUT2D eigenvalue weighted by molar-refractivity contribution is -0.133. The van der Waals surface area contributed by atoms with Gasteiger partial charge in [-0.25, -0.2) is 9.69 Å². The van der Waals surface area contributed by atoms with Crippen molar-refractivity contribution in [3.8, 4) is 0 Å². The van der Waals surface area contributed by atoms with Gasteiger partial charge in [0, 0.05) is 21.8 Å². The highest BCUT2D eigenvalue weighted by Crippen LogP contribution is 2.60. The molecule has 0 spiro atoms. The van der Waals surface area contributed by atoms with Crippen LogP contribution in [0, 0.1) is 5.41 Å². The van der Waals surface area contributed by atoms with Crippen molar-refractivity contribution in [2.75, 3.05) is 18.1 Å². The van der Waals surface area contributed by atoms with Crippen molar-refractivity contribution < 1.29 is 23.4 Å². The molecular weight excluding hydrogens is 348 g/mol. The van der Waals surface area contributed by atoms with E-state index in [1.165, 1.54) is 0 Å². The van der Waals surface area contributed by atoms with E-state index in [4.69, 9.17) is 10.3 Å². The highest BCUT2D eigenvalue weighted by atomic mass is 32.3. The summed E-state index contributed by atoms with van der Waals surface area (Å²) in [4.78, 5) is 28.8. The third-order valence-electron chi connectivity index (χ3n) is 4.48. The molecule has 2 fully saturated rings. The molecule has 2 saturated heterocycles. The lowest BCUT2D eigenvalue weighted by Crippen LogP contribution is -2.56. The van der Waals surface area contributed by atoms with Gasteiger partial charge in [0.05, 0.1) is 0 Å². The third kappa shape index (κ3) is 3.16. The Morgan fingerprint density at radius 1 is 1.44 bits per heavy atom. The normalized spacial score (nSPS) is 26.0. The molecule has 2 atom stereocenters. The van der Waals surface area contributed by atoms with E-state index in [0.29, 0.717) is 0 Å². The van der Waals surface area contributed by atoms with Crippen molar-refractivity contribution in [1.82, 2.24) is 4.90 Å². The second-order valence-corrected chi connectivity index (χ2v) is 8.75.